The summed E-state index contributed by atoms with van der Waals surface area (Å²) in [5, 5.41) is 0. The summed E-state index contributed by atoms with van der Waals surface area (Å²) in [5.74, 6) is -0.304. The minimum Gasteiger partial charge on any atom is -0.335 e. The molecule has 0 aromatic carbocycles. The molecule has 3 heterocycles. The first kappa shape index (κ1) is 18.8. The van der Waals surface area contributed by atoms with Gasteiger partial charge in [-0.2, -0.15) is 0 Å². The van der Waals surface area contributed by atoms with Gasteiger partial charge < -0.3 is 9.80 Å². The predicted molar refractivity (Wildman–Crippen MR) is 95.3 cm³/mol. The Bertz CT molecular complexity index is 832. The lowest BCUT2D eigenvalue weighted by molar-refractivity contribution is -0.139. The summed E-state index contributed by atoms with van der Waals surface area (Å²) in [5.41, 5.74) is 0.951. The van der Waals surface area contributed by atoms with Gasteiger partial charge >= 0.3 is 0 Å². The molecule has 1 aromatic heterocycles. The second kappa shape index (κ2) is 6.61. The molecular formula is C17H24N4O4S. The fraction of sp³-hybridized carbons (Fsp3) is 0.647. The molecule has 26 heavy (non-hydrogen) atoms. The van der Waals surface area contributed by atoms with E-state index in [4.69, 9.17) is 0 Å². The highest BCUT2D eigenvalue weighted by Gasteiger charge is 2.49. The Balaban J connectivity index is 1.93. The summed E-state index contributed by atoms with van der Waals surface area (Å²) in [6, 6.07) is 0.593. The van der Waals surface area contributed by atoms with Crippen LogP contribution in [0.5, 0.6) is 0 Å². The van der Waals surface area contributed by atoms with E-state index in [9.17, 15) is 18.0 Å². The summed E-state index contributed by atoms with van der Waals surface area (Å²) >= 11 is 0. The molecule has 0 bridgehead atoms. The summed E-state index contributed by atoms with van der Waals surface area (Å²) in [7, 11) is -3.31. The molecule has 1 aromatic rings. The maximum Gasteiger partial charge on any atom is 0.273 e. The van der Waals surface area contributed by atoms with Gasteiger partial charge in [-0.05, 0) is 19.9 Å². The van der Waals surface area contributed by atoms with Crippen molar-refractivity contribution in [2.24, 2.45) is 5.92 Å². The maximum absolute atomic E-state index is 13.0. The molecule has 8 nitrogen and oxygen atoms in total. The van der Waals surface area contributed by atoms with Gasteiger partial charge in [-0.1, -0.05) is 13.8 Å². The standard InChI is InChI=1S/C17H24N4O4S/c1-10(2)16(22)20-5-6-21(15-9-26(24,25)8-14(15)20)17(23)13-7-11(3)18-12(4)19-13/h7,10,14-15H,5-6,8-9H2,1-4H3/t14-,15+/m0/s1. The molecule has 0 N–H and O–H groups in total. The van der Waals surface area contributed by atoms with Crippen molar-refractivity contribution in [2.45, 2.75) is 39.8 Å². The Hall–Kier alpha value is -2.03. The van der Waals surface area contributed by atoms with Gasteiger partial charge in [-0.15, -0.1) is 0 Å². The van der Waals surface area contributed by atoms with E-state index in [1.165, 1.54) is 0 Å². The van der Waals surface area contributed by atoms with Gasteiger partial charge in [0, 0.05) is 24.7 Å². The largest absolute Gasteiger partial charge is 0.335 e. The van der Waals surface area contributed by atoms with Crippen molar-refractivity contribution < 1.29 is 18.0 Å². The molecule has 3 rings (SSSR count). The van der Waals surface area contributed by atoms with E-state index in [1.54, 1.807) is 43.6 Å². The number of carbonyl (C=O) groups is 2. The van der Waals surface area contributed by atoms with Crippen LogP contribution in [-0.4, -0.2) is 76.7 Å². The van der Waals surface area contributed by atoms with Crippen LogP contribution in [0.3, 0.4) is 0 Å². The zero-order chi connectivity index (χ0) is 19.2. The molecule has 0 unspecified atom stereocenters. The Labute approximate surface area is 153 Å². The first-order chi connectivity index (χ1) is 12.1. The molecule has 0 aliphatic carbocycles. The Morgan fingerprint density at radius 2 is 1.65 bits per heavy atom. The molecule has 142 valence electrons. The van der Waals surface area contributed by atoms with Crippen LogP contribution in [0, 0.1) is 19.8 Å². The van der Waals surface area contributed by atoms with Gasteiger partial charge in [0.15, 0.2) is 9.84 Å². The van der Waals surface area contributed by atoms with E-state index in [1.807, 2.05) is 0 Å². The highest BCUT2D eigenvalue weighted by molar-refractivity contribution is 7.91. The lowest BCUT2D eigenvalue weighted by atomic mass is 10.0. The van der Waals surface area contributed by atoms with Crippen LogP contribution in [0.15, 0.2) is 6.07 Å². The molecule has 2 amide bonds. The van der Waals surface area contributed by atoms with Gasteiger partial charge in [0.1, 0.15) is 11.5 Å². The van der Waals surface area contributed by atoms with Gasteiger partial charge in [-0.25, -0.2) is 18.4 Å². The summed E-state index contributed by atoms with van der Waals surface area (Å²) in [6.45, 7) is 7.73. The fourth-order valence-electron chi connectivity index (χ4n) is 3.78. The number of aromatic nitrogens is 2. The number of nitrogens with zero attached hydrogens (tertiary/aromatic N) is 4. The van der Waals surface area contributed by atoms with Crippen LogP contribution in [0.2, 0.25) is 0 Å². The summed E-state index contributed by atoms with van der Waals surface area (Å²) in [6.07, 6.45) is 0. The lowest BCUT2D eigenvalue weighted by Crippen LogP contribution is -2.62. The van der Waals surface area contributed by atoms with E-state index < -0.39 is 21.9 Å². The van der Waals surface area contributed by atoms with Crippen LogP contribution in [0.25, 0.3) is 0 Å². The molecule has 2 fully saturated rings. The van der Waals surface area contributed by atoms with Crippen molar-refractivity contribution in [3.63, 3.8) is 0 Å². The minimum atomic E-state index is -3.31. The molecule has 9 heteroatoms. The Morgan fingerprint density at radius 3 is 2.23 bits per heavy atom. The van der Waals surface area contributed by atoms with E-state index in [0.717, 1.165) is 0 Å². The monoisotopic (exact) mass is 380 g/mol. The number of carbonyl (C=O) groups excluding carboxylic acids is 2. The second-order valence-electron chi connectivity index (χ2n) is 7.34. The van der Waals surface area contributed by atoms with Gasteiger partial charge in [0.2, 0.25) is 5.91 Å². The molecule has 2 saturated heterocycles. The number of hydrogen-bond donors (Lipinski definition) is 0. The van der Waals surface area contributed by atoms with Crippen LogP contribution >= 0.6 is 0 Å². The molecule has 2 aliphatic heterocycles. The second-order valence-corrected chi connectivity index (χ2v) is 9.49. The number of amides is 2. The Morgan fingerprint density at radius 1 is 1.08 bits per heavy atom. The third-order valence-corrected chi connectivity index (χ3v) is 6.60. The van der Waals surface area contributed by atoms with Crippen molar-refractivity contribution in [2.75, 3.05) is 24.6 Å². The first-order valence-corrected chi connectivity index (χ1v) is 10.6. The number of rotatable bonds is 2. The number of aryl methyl sites for hydroxylation is 2. The number of hydrogen-bond acceptors (Lipinski definition) is 6. The summed E-state index contributed by atoms with van der Waals surface area (Å²) < 4.78 is 24.5. The molecule has 0 radical (unpaired) electrons. The van der Waals surface area contributed by atoms with Crippen molar-refractivity contribution >= 4 is 21.7 Å². The average molecular weight is 380 g/mol. The van der Waals surface area contributed by atoms with Crippen LogP contribution in [0.1, 0.15) is 35.9 Å². The van der Waals surface area contributed by atoms with E-state index in [-0.39, 0.29) is 34.9 Å². The van der Waals surface area contributed by atoms with Gasteiger partial charge in [-0.3, -0.25) is 9.59 Å². The van der Waals surface area contributed by atoms with Crippen molar-refractivity contribution in [3.8, 4) is 0 Å². The molecular weight excluding hydrogens is 356 g/mol. The van der Waals surface area contributed by atoms with E-state index in [2.05, 4.69) is 9.97 Å². The molecule has 2 aliphatic rings. The summed E-state index contributed by atoms with van der Waals surface area (Å²) in [4.78, 5) is 37.1. The third kappa shape index (κ3) is 3.44. The smallest absolute Gasteiger partial charge is 0.273 e. The minimum absolute atomic E-state index is 0.0714. The lowest BCUT2D eigenvalue weighted by Gasteiger charge is -2.44. The maximum atomic E-state index is 13.0. The first-order valence-electron chi connectivity index (χ1n) is 8.73. The zero-order valence-corrected chi connectivity index (χ0v) is 16.3. The number of piperazine rings is 1. The predicted octanol–water partition coefficient (Wildman–Crippen LogP) is 0.199. The molecule has 2 atom stereocenters. The SMILES string of the molecule is Cc1cc(C(=O)N2CCN(C(=O)C(C)C)[C@H]3CS(=O)(=O)C[C@H]32)nc(C)n1. The highest BCUT2D eigenvalue weighted by Crippen LogP contribution is 2.29. The number of fused-ring (bicyclic) bond motifs is 1. The highest BCUT2D eigenvalue weighted by atomic mass is 32.2. The third-order valence-electron chi connectivity index (χ3n) is 4.90. The van der Waals surface area contributed by atoms with Gasteiger partial charge in [0.05, 0.1) is 23.6 Å². The zero-order valence-electron chi connectivity index (χ0n) is 15.5. The van der Waals surface area contributed by atoms with E-state index >= 15 is 0 Å². The molecule has 0 spiro atoms. The van der Waals surface area contributed by atoms with Crippen molar-refractivity contribution in [3.05, 3.63) is 23.3 Å². The fourth-order valence-corrected chi connectivity index (χ4v) is 5.77. The quantitative estimate of drug-likeness (QED) is 0.726. The normalized spacial score (nSPS) is 24.7. The Kier molecular flexibility index (Phi) is 4.76. The number of sulfone groups is 1. The topological polar surface area (TPSA) is 101 Å². The van der Waals surface area contributed by atoms with Crippen molar-refractivity contribution in [1.82, 2.24) is 19.8 Å². The molecule has 0 saturated carbocycles. The van der Waals surface area contributed by atoms with Crippen LogP contribution in [-0.2, 0) is 14.6 Å². The van der Waals surface area contributed by atoms with E-state index in [0.29, 0.717) is 24.6 Å². The van der Waals surface area contributed by atoms with Crippen LogP contribution < -0.4 is 0 Å². The van der Waals surface area contributed by atoms with Gasteiger partial charge in [0.25, 0.3) is 5.91 Å². The van der Waals surface area contributed by atoms with Crippen molar-refractivity contribution in [1.29, 1.82) is 0 Å². The average Bonchev–Trinajstić information content (AvgIpc) is 2.86. The van der Waals surface area contributed by atoms with Crippen LogP contribution in [0.4, 0.5) is 0 Å².